The number of amides is 1. The third-order valence-corrected chi connectivity index (χ3v) is 16.1. The monoisotopic (exact) mass is 964 g/mol. The van der Waals surface area contributed by atoms with Crippen LogP contribution in [0.15, 0.2) is 101 Å². The van der Waals surface area contributed by atoms with E-state index in [4.69, 9.17) is 38.4 Å². The number of carbonyl (C=O) groups is 1. The molecule has 13 heteroatoms. The van der Waals surface area contributed by atoms with Gasteiger partial charge in [0.05, 0.1) is 31.5 Å². The van der Waals surface area contributed by atoms with Crippen molar-refractivity contribution in [3.05, 3.63) is 102 Å². The van der Waals surface area contributed by atoms with Crippen molar-refractivity contribution in [2.75, 3.05) is 45.6 Å². The standard InChI is InChI=1S/C56H72N2O10S/c1-2-29-66-56-51(58(52(61)26-22-39-14-6-7-15-39)37-40-21-24-49-50(33-40)65-38-64-49)36-47(57-68-53-20-10-13-30-63-53)45-34-41(16-8-11-27-59)44(19-9-12-28-60)54(55(45)56)46-35-42(23-25-48(46)67-56)62-31-32-69-43-17-4-3-5-18-43/h2-5,17-18,21,23-25,33-35,39,41,44,51,53-55,59-60H,1,6-16,19-20,22,26-32,36-38H2. The van der Waals surface area contributed by atoms with E-state index in [9.17, 15) is 10.2 Å². The van der Waals surface area contributed by atoms with Gasteiger partial charge < -0.3 is 48.4 Å². The molecular weight excluding hydrogens is 893 g/mol. The SMILES string of the molecule is C=CCOC12Oc3ccc(OCCSc4ccccc4)cc3C3C(CCCCO)C(CCCCO)C=C(C(=NOC4CCCCO4)CC1N(Cc1ccc4c(c1)OCO4)C(=O)CCC1CCCC1)C32. The lowest BCUT2D eigenvalue weighted by atomic mass is 9.55. The predicted octanol–water partition coefficient (Wildman–Crippen LogP) is 10.7. The van der Waals surface area contributed by atoms with E-state index in [2.05, 4.69) is 43.0 Å². The second-order valence-corrected chi connectivity index (χ2v) is 20.8. The summed E-state index contributed by atoms with van der Waals surface area (Å²) in [7, 11) is 0. The summed E-state index contributed by atoms with van der Waals surface area (Å²) in [6.07, 6.45) is 17.4. The van der Waals surface area contributed by atoms with Crippen molar-refractivity contribution < 1.29 is 48.3 Å². The van der Waals surface area contributed by atoms with Crippen LogP contribution in [0, 0.1) is 23.7 Å². The van der Waals surface area contributed by atoms with Gasteiger partial charge in [0, 0.05) is 61.2 Å². The van der Waals surface area contributed by atoms with Crippen LogP contribution in [-0.4, -0.2) is 90.4 Å². The second-order valence-electron chi connectivity index (χ2n) is 19.6. The predicted molar refractivity (Wildman–Crippen MR) is 267 cm³/mol. The molecule has 0 aromatic heterocycles. The number of carbonyl (C=O) groups excluding carboxylic acids is 1. The number of nitrogens with zero attached hydrogens (tertiary/aromatic N) is 2. The van der Waals surface area contributed by atoms with Gasteiger partial charge in [-0.15, -0.1) is 18.3 Å². The Balaban J connectivity index is 1.18. The number of aliphatic hydroxyl groups excluding tert-OH is 2. The van der Waals surface area contributed by atoms with Gasteiger partial charge in [0.2, 0.25) is 24.8 Å². The van der Waals surface area contributed by atoms with Crippen molar-refractivity contribution in [1.29, 1.82) is 0 Å². The van der Waals surface area contributed by atoms with Gasteiger partial charge in [-0.1, -0.05) is 80.1 Å². The van der Waals surface area contributed by atoms with Crippen LogP contribution in [0.2, 0.25) is 0 Å². The number of allylic oxidation sites excluding steroid dienone is 1. The molecule has 12 nitrogen and oxygen atoms in total. The molecule has 3 aromatic carbocycles. The van der Waals surface area contributed by atoms with Crippen LogP contribution >= 0.6 is 11.8 Å². The van der Waals surface area contributed by atoms with E-state index < -0.39 is 24.0 Å². The maximum Gasteiger partial charge on any atom is 0.239 e. The van der Waals surface area contributed by atoms with Gasteiger partial charge in [-0.2, -0.15) is 0 Å². The third-order valence-electron chi connectivity index (χ3n) is 15.2. The Morgan fingerprint density at radius 2 is 1.70 bits per heavy atom. The molecule has 3 aliphatic carbocycles. The molecular formula is C56H72N2O10S. The van der Waals surface area contributed by atoms with Crippen molar-refractivity contribution in [3.63, 3.8) is 0 Å². The number of fused-ring (bicyclic) bond motifs is 3. The summed E-state index contributed by atoms with van der Waals surface area (Å²) in [5.41, 5.74) is 3.71. The zero-order valence-electron chi connectivity index (χ0n) is 40.2. The van der Waals surface area contributed by atoms with Gasteiger partial charge in [-0.3, -0.25) is 4.79 Å². The van der Waals surface area contributed by atoms with Crippen LogP contribution in [0.4, 0.5) is 0 Å². The number of ether oxygens (including phenoxy) is 6. The highest BCUT2D eigenvalue weighted by atomic mass is 32.2. The molecule has 1 amide bonds. The Labute approximate surface area is 412 Å². The fourth-order valence-corrected chi connectivity index (χ4v) is 12.6. The molecule has 372 valence electrons. The number of benzene rings is 3. The molecule has 3 aliphatic heterocycles. The molecule has 3 fully saturated rings. The van der Waals surface area contributed by atoms with Crippen LogP contribution in [0.3, 0.4) is 0 Å². The van der Waals surface area contributed by atoms with Crippen LogP contribution in [0.5, 0.6) is 23.0 Å². The van der Waals surface area contributed by atoms with Gasteiger partial charge in [0.25, 0.3) is 0 Å². The maximum absolute atomic E-state index is 15.4. The highest BCUT2D eigenvalue weighted by molar-refractivity contribution is 7.99. The molecule has 9 rings (SSSR count). The summed E-state index contributed by atoms with van der Waals surface area (Å²) in [6, 6.07) is 21.8. The van der Waals surface area contributed by atoms with Crippen molar-refractivity contribution >= 4 is 23.4 Å². The molecule has 0 bridgehead atoms. The molecule has 1 saturated heterocycles. The first-order valence-corrected chi connectivity index (χ1v) is 26.8. The van der Waals surface area contributed by atoms with Gasteiger partial charge in [0.15, 0.2) is 11.5 Å². The fraction of sp³-hybridized carbons (Fsp3) is 0.571. The number of rotatable bonds is 24. The fourth-order valence-electron chi connectivity index (χ4n) is 11.9. The Morgan fingerprint density at radius 1 is 0.899 bits per heavy atom. The molecule has 6 aliphatic rings. The van der Waals surface area contributed by atoms with Crippen molar-refractivity contribution in [1.82, 2.24) is 4.90 Å². The van der Waals surface area contributed by atoms with Gasteiger partial charge >= 0.3 is 0 Å². The molecule has 2 saturated carbocycles. The number of hydrogen-bond acceptors (Lipinski definition) is 12. The molecule has 3 aromatic rings. The first kappa shape index (κ1) is 49.5. The first-order valence-electron chi connectivity index (χ1n) is 25.8. The van der Waals surface area contributed by atoms with Crippen LogP contribution in [-0.2, 0) is 25.7 Å². The van der Waals surface area contributed by atoms with Gasteiger partial charge in [0.1, 0.15) is 17.5 Å². The number of unbranched alkanes of at least 4 members (excludes halogenated alkanes) is 2. The molecule has 0 radical (unpaired) electrons. The summed E-state index contributed by atoms with van der Waals surface area (Å²) >= 11 is 1.76. The highest BCUT2D eigenvalue weighted by Gasteiger charge is 2.65. The van der Waals surface area contributed by atoms with E-state index in [1.165, 1.54) is 17.7 Å². The van der Waals surface area contributed by atoms with E-state index in [0.29, 0.717) is 62.1 Å². The zero-order valence-corrected chi connectivity index (χ0v) is 41.0. The average molecular weight is 965 g/mol. The lowest BCUT2D eigenvalue weighted by Crippen LogP contribution is -2.70. The van der Waals surface area contributed by atoms with E-state index in [-0.39, 0.29) is 56.8 Å². The summed E-state index contributed by atoms with van der Waals surface area (Å²) in [6.45, 7) is 6.13. The molecule has 3 heterocycles. The lowest BCUT2D eigenvalue weighted by Gasteiger charge is -2.60. The number of hydrogen-bond donors (Lipinski definition) is 2. The zero-order chi connectivity index (χ0) is 47.4. The second kappa shape index (κ2) is 24.1. The van der Waals surface area contributed by atoms with Crippen molar-refractivity contribution in [3.8, 4) is 23.0 Å². The molecule has 2 N–H and O–H groups in total. The Bertz CT molecular complexity index is 2230. The minimum atomic E-state index is -1.38. The minimum absolute atomic E-state index is 0.0368. The summed E-state index contributed by atoms with van der Waals surface area (Å²) in [5, 5.41) is 25.2. The normalized spacial score (nSPS) is 26.4. The summed E-state index contributed by atoms with van der Waals surface area (Å²) in [5.74, 6) is 2.36. The van der Waals surface area contributed by atoms with Gasteiger partial charge in [-0.05, 0) is 116 Å². The third kappa shape index (κ3) is 11.7. The first-order chi connectivity index (χ1) is 34.0. The Morgan fingerprint density at radius 3 is 2.49 bits per heavy atom. The van der Waals surface area contributed by atoms with Crippen LogP contribution in [0.25, 0.3) is 0 Å². The van der Waals surface area contributed by atoms with Crippen molar-refractivity contribution in [2.24, 2.45) is 28.8 Å². The number of thioether (sulfide) groups is 1. The van der Waals surface area contributed by atoms with E-state index >= 15 is 4.79 Å². The van der Waals surface area contributed by atoms with Crippen molar-refractivity contribution in [2.45, 2.75) is 138 Å². The van der Waals surface area contributed by atoms with Crippen LogP contribution < -0.4 is 18.9 Å². The minimum Gasteiger partial charge on any atom is -0.493 e. The van der Waals surface area contributed by atoms with Crippen LogP contribution in [0.1, 0.15) is 120 Å². The largest absolute Gasteiger partial charge is 0.493 e. The molecule has 69 heavy (non-hydrogen) atoms. The maximum atomic E-state index is 15.4. The molecule has 0 spiro atoms. The highest BCUT2D eigenvalue weighted by Crippen LogP contribution is 2.62. The lowest BCUT2D eigenvalue weighted by molar-refractivity contribution is -0.258. The summed E-state index contributed by atoms with van der Waals surface area (Å²) < 4.78 is 39.1. The number of oxime groups is 1. The Kier molecular flexibility index (Phi) is 17.2. The number of aliphatic hydroxyl groups is 2. The van der Waals surface area contributed by atoms with E-state index in [1.807, 2.05) is 41.3 Å². The topological polar surface area (TPSA) is 138 Å². The Hall–Kier alpha value is -4.53. The van der Waals surface area contributed by atoms with Gasteiger partial charge in [-0.25, -0.2) is 0 Å². The molecule has 7 unspecified atom stereocenters. The average Bonchev–Trinajstić information content (AvgIpc) is 4.10. The quantitative estimate of drug-likeness (QED) is 0.0384. The smallest absolute Gasteiger partial charge is 0.239 e. The molecule has 7 atom stereocenters. The van der Waals surface area contributed by atoms with E-state index in [1.54, 1.807) is 17.8 Å². The van der Waals surface area contributed by atoms with E-state index in [0.717, 1.165) is 98.1 Å². The summed E-state index contributed by atoms with van der Waals surface area (Å²) in [4.78, 5) is 25.0.